The Morgan fingerprint density at radius 3 is 1.15 bits per heavy atom. The fraction of sp³-hybridized carbons (Fsp3) is 0.909. The summed E-state index contributed by atoms with van der Waals surface area (Å²) in [6.07, 6.45) is 51.7. The van der Waals surface area contributed by atoms with Crippen LogP contribution in [-0.4, -0.2) is 22.8 Å². The zero-order chi connectivity index (χ0) is 33.9. The maximum absolute atomic E-state index is 13.9. The first-order chi connectivity index (χ1) is 23.2. The van der Waals surface area contributed by atoms with Crippen LogP contribution < -0.4 is 0 Å². The molecule has 0 saturated carbocycles. The van der Waals surface area contributed by atoms with E-state index in [1.54, 1.807) is 0 Å². The second-order valence-corrected chi connectivity index (χ2v) is 15.3. The number of hydrogen-bond acceptors (Lipinski definition) is 2. The van der Waals surface area contributed by atoms with E-state index >= 15 is 0 Å². The number of unbranched alkanes of at least 4 members (excludes halogenated alkanes) is 31. The number of rotatable bonds is 37. The van der Waals surface area contributed by atoms with E-state index in [4.69, 9.17) is 4.99 Å². The minimum Gasteiger partial charge on any atom is -0.230 e. The fourth-order valence-electron chi connectivity index (χ4n) is 7.53. The highest BCUT2D eigenvalue weighted by atomic mass is 16.2. The predicted molar refractivity (Wildman–Crippen MR) is 210 cm³/mol. The molecule has 1 aliphatic rings. The average Bonchev–Trinajstić information content (AvgIpc) is 3.50. The van der Waals surface area contributed by atoms with Gasteiger partial charge in [0, 0.05) is 6.42 Å². The average molecular weight is 658 g/mol. The van der Waals surface area contributed by atoms with E-state index in [1.807, 2.05) is 6.20 Å². The van der Waals surface area contributed by atoms with E-state index in [0.717, 1.165) is 38.1 Å². The van der Waals surface area contributed by atoms with Gasteiger partial charge in [-0.1, -0.05) is 213 Å². The van der Waals surface area contributed by atoms with E-state index in [-0.39, 0.29) is 0 Å². The molecule has 3 nitrogen and oxygen atoms in total. The van der Waals surface area contributed by atoms with Crippen molar-refractivity contribution in [2.24, 2.45) is 4.99 Å². The van der Waals surface area contributed by atoms with Gasteiger partial charge in [-0.3, -0.25) is 0 Å². The lowest BCUT2D eigenvalue weighted by Crippen LogP contribution is -2.52. The lowest BCUT2D eigenvalue weighted by molar-refractivity contribution is -0.708. The molecule has 276 valence electrons. The molecule has 1 amide bonds. The molecule has 0 spiro atoms. The first-order valence-electron chi connectivity index (χ1n) is 21.9. The van der Waals surface area contributed by atoms with Crippen molar-refractivity contribution in [2.75, 3.05) is 6.54 Å². The molecule has 1 rings (SSSR count). The van der Waals surface area contributed by atoms with E-state index in [0.29, 0.717) is 10.4 Å². The Labute approximate surface area is 296 Å². The standard InChI is InChI=1S/C44H85N2O/c1-4-7-10-13-16-19-22-23-24-25-28-31-34-37-41-46(44(47)39-36-33-30-27-21-18-15-12-9-6-3)42-40-45-43(46)38-35-32-29-26-20-17-14-11-8-5-2/h40,42H,4-39,41H2,1-3H3/q+1. The molecule has 0 saturated heterocycles. The van der Waals surface area contributed by atoms with E-state index in [2.05, 4.69) is 27.0 Å². The summed E-state index contributed by atoms with van der Waals surface area (Å²) in [6.45, 7) is 7.82. The molecule has 0 N–H and O–H groups in total. The number of hydrogen-bond donors (Lipinski definition) is 0. The summed E-state index contributed by atoms with van der Waals surface area (Å²) in [5.41, 5.74) is 0. The molecule has 0 aromatic rings. The third-order valence-corrected chi connectivity index (χ3v) is 10.8. The highest BCUT2D eigenvalue weighted by Gasteiger charge is 2.41. The lowest BCUT2D eigenvalue weighted by Gasteiger charge is -2.30. The number of quaternary nitrogens is 1. The minimum absolute atomic E-state index is 0.416. The maximum Gasteiger partial charge on any atom is 0.324 e. The van der Waals surface area contributed by atoms with Crippen LogP contribution in [0.3, 0.4) is 0 Å². The van der Waals surface area contributed by atoms with Crippen molar-refractivity contribution in [3.8, 4) is 0 Å². The van der Waals surface area contributed by atoms with E-state index < -0.39 is 0 Å². The van der Waals surface area contributed by atoms with Crippen molar-refractivity contribution in [3.63, 3.8) is 0 Å². The van der Waals surface area contributed by atoms with Gasteiger partial charge in [0.05, 0.1) is 19.2 Å². The van der Waals surface area contributed by atoms with Gasteiger partial charge in [0.1, 0.15) is 6.20 Å². The largest absolute Gasteiger partial charge is 0.324 e. The van der Waals surface area contributed by atoms with Crippen molar-refractivity contribution in [1.82, 2.24) is 0 Å². The molecule has 0 aliphatic carbocycles. The summed E-state index contributed by atoms with van der Waals surface area (Å²) in [5, 5.41) is 0. The molecule has 3 heteroatoms. The molecule has 1 heterocycles. The van der Waals surface area contributed by atoms with Gasteiger partial charge in [-0.25, -0.2) is 9.79 Å². The molecule has 1 aliphatic heterocycles. The molecule has 1 unspecified atom stereocenters. The van der Waals surface area contributed by atoms with Crippen LogP contribution in [0.4, 0.5) is 0 Å². The van der Waals surface area contributed by atoms with Crippen LogP contribution >= 0.6 is 0 Å². The third kappa shape index (κ3) is 23.9. The van der Waals surface area contributed by atoms with Gasteiger partial charge in [0.2, 0.25) is 5.84 Å². The fourth-order valence-corrected chi connectivity index (χ4v) is 7.53. The van der Waals surface area contributed by atoms with Gasteiger partial charge >= 0.3 is 5.91 Å². The molecule has 0 radical (unpaired) electrons. The number of amides is 1. The second kappa shape index (κ2) is 33.5. The number of amidine groups is 1. The minimum atomic E-state index is 0.416. The van der Waals surface area contributed by atoms with Gasteiger partial charge in [-0.2, -0.15) is 4.48 Å². The van der Waals surface area contributed by atoms with Gasteiger partial charge in [0.15, 0.2) is 0 Å². The Bertz CT molecular complexity index is 743. The summed E-state index contributed by atoms with van der Waals surface area (Å²) in [5.74, 6) is 1.56. The highest BCUT2D eigenvalue weighted by molar-refractivity contribution is 5.90. The van der Waals surface area contributed by atoms with Crippen LogP contribution in [0.1, 0.15) is 252 Å². The quantitative estimate of drug-likeness (QED) is 0.0483. The number of carbonyl (C=O) groups excluding carboxylic acids is 1. The van der Waals surface area contributed by atoms with Gasteiger partial charge in [-0.05, 0) is 25.7 Å². The number of aliphatic imine (C=N–C) groups is 1. The normalized spacial score (nSPS) is 15.9. The van der Waals surface area contributed by atoms with Crippen LogP contribution in [0.15, 0.2) is 17.4 Å². The zero-order valence-corrected chi connectivity index (χ0v) is 32.6. The van der Waals surface area contributed by atoms with Crippen molar-refractivity contribution in [3.05, 3.63) is 12.4 Å². The van der Waals surface area contributed by atoms with Crippen LogP contribution in [0.2, 0.25) is 0 Å². The summed E-state index contributed by atoms with van der Waals surface area (Å²) >= 11 is 0. The van der Waals surface area contributed by atoms with Gasteiger partial charge in [-0.15, -0.1) is 0 Å². The number of nitrogens with zero attached hydrogens (tertiary/aromatic N) is 2. The Morgan fingerprint density at radius 1 is 0.447 bits per heavy atom. The molecular weight excluding hydrogens is 572 g/mol. The van der Waals surface area contributed by atoms with Crippen LogP contribution in [0.25, 0.3) is 0 Å². The molecule has 0 bridgehead atoms. The van der Waals surface area contributed by atoms with Gasteiger partial charge in [0.25, 0.3) is 0 Å². The topological polar surface area (TPSA) is 29.4 Å². The third-order valence-electron chi connectivity index (χ3n) is 10.8. The van der Waals surface area contributed by atoms with E-state index in [9.17, 15) is 4.79 Å². The Kier molecular flexibility index (Phi) is 31.4. The van der Waals surface area contributed by atoms with Crippen LogP contribution in [-0.2, 0) is 4.79 Å². The van der Waals surface area contributed by atoms with Crippen molar-refractivity contribution in [1.29, 1.82) is 0 Å². The smallest absolute Gasteiger partial charge is 0.230 e. The van der Waals surface area contributed by atoms with Crippen molar-refractivity contribution >= 4 is 11.7 Å². The summed E-state index contributed by atoms with van der Waals surface area (Å²) in [6, 6.07) is 0. The summed E-state index contributed by atoms with van der Waals surface area (Å²) in [7, 11) is 0. The van der Waals surface area contributed by atoms with Crippen LogP contribution in [0.5, 0.6) is 0 Å². The maximum atomic E-state index is 13.9. The number of carbonyl (C=O) groups is 1. The highest BCUT2D eigenvalue weighted by Crippen LogP contribution is 2.26. The monoisotopic (exact) mass is 658 g/mol. The first kappa shape index (κ1) is 44.1. The first-order valence-corrected chi connectivity index (χ1v) is 21.9. The second-order valence-electron chi connectivity index (χ2n) is 15.3. The Morgan fingerprint density at radius 2 is 0.766 bits per heavy atom. The van der Waals surface area contributed by atoms with E-state index in [1.165, 1.54) is 205 Å². The SMILES string of the molecule is CCCCCCCCCCCCCCCC[N+]1(C(=O)CCCCCCCCCCCC)C=CN=C1CCCCCCCCCCCC. The summed E-state index contributed by atoms with van der Waals surface area (Å²) < 4.78 is 0.452. The summed E-state index contributed by atoms with van der Waals surface area (Å²) in [4.78, 5) is 18.8. The Balaban J connectivity index is 2.38. The van der Waals surface area contributed by atoms with Crippen molar-refractivity contribution in [2.45, 2.75) is 252 Å². The molecule has 0 aromatic heterocycles. The predicted octanol–water partition coefficient (Wildman–Crippen LogP) is 15.3. The molecule has 0 aromatic carbocycles. The van der Waals surface area contributed by atoms with Gasteiger partial charge < -0.3 is 0 Å². The van der Waals surface area contributed by atoms with Crippen LogP contribution in [0, 0.1) is 0 Å². The van der Waals surface area contributed by atoms with Crippen molar-refractivity contribution < 1.29 is 9.28 Å². The Hall–Kier alpha value is -0.960. The molecule has 47 heavy (non-hydrogen) atoms. The molecule has 0 fully saturated rings. The lowest BCUT2D eigenvalue weighted by atomic mass is 10.0. The zero-order valence-electron chi connectivity index (χ0n) is 32.6. The molecule has 1 atom stereocenters. The molecular formula is C44H85N2O+.